The van der Waals surface area contributed by atoms with Crippen molar-refractivity contribution in [1.29, 1.82) is 0 Å². The predicted molar refractivity (Wildman–Crippen MR) is 79.7 cm³/mol. The van der Waals surface area contributed by atoms with E-state index in [9.17, 15) is 0 Å². The molecule has 0 amide bonds. The number of nitrogen functional groups attached to an aromatic ring is 1. The summed E-state index contributed by atoms with van der Waals surface area (Å²) in [5, 5.41) is 0. The molecule has 0 atom stereocenters. The standard InChI is InChI=1S/C16H21N3/c1-19(13-15-7-9-18-10-8-15)11-3-5-14-4-2-6-16(17)12-14/h2,4,6-10,12H,3,5,11,13,17H2,1H3. The lowest BCUT2D eigenvalue weighted by Gasteiger charge is -2.16. The van der Waals surface area contributed by atoms with Gasteiger partial charge in [0.1, 0.15) is 0 Å². The monoisotopic (exact) mass is 255 g/mol. The second-order valence-electron chi connectivity index (χ2n) is 4.94. The summed E-state index contributed by atoms with van der Waals surface area (Å²) in [6.07, 6.45) is 5.91. The Bertz CT molecular complexity index is 496. The zero-order valence-electron chi connectivity index (χ0n) is 11.4. The fourth-order valence-electron chi connectivity index (χ4n) is 2.18. The number of anilines is 1. The van der Waals surface area contributed by atoms with Gasteiger partial charge in [-0.1, -0.05) is 12.1 Å². The maximum atomic E-state index is 5.78. The van der Waals surface area contributed by atoms with Gasteiger partial charge >= 0.3 is 0 Å². The highest BCUT2D eigenvalue weighted by Crippen LogP contribution is 2.09. The molecular formula is C16H21N3. The van der Waals surface area contributed by atoms with Gasteiger partial charge < -0.3 is 10.6 Å². The van der Waals surface area contributed by atoms with Gasteiger partial charge in [0.2, 0.25) is 0 Å². The third kappa shape index (κ3) is 4.72. The van der Waals surface area contributed by atoms with Crippen LogP contribution >= 0.6 is 0 Å². The molecule has 1 aromatic heterocycles. The summed E-state index contributed by atoms with van der Waals surface area (Å²) in [6.45, 7) is 2.05. The number of rotatable bonds is 6. The van der Waals surface area contributed by atoms with Crippen LogP contribution in [0, 0.1) is 0 Å². The lowest BCUT2D eigenvalue weighted by atomic mass is 10.1. The average molecular weight is 255 g/mol. The summed E-state index contributed by atoms with van der Waals surface area (Å²) in [5.41, 5.74) is 9.25. The summed E-state index contributed by atoms with van der Waals surface area (Å²) in [5.74, 6) is 0. The molecule has 2 rings (SSSR count). The predicted octanol–water partition coefficient (Wildman–Crippen LogP) is 2.73. The minimum atomic E-state index is 0.850. The maximum absolute atomic E-state index is 5.78. The molecule has 0 radical (unpaired) electrons. The third-order valence-electron chi connectivity index (χ3n) is 3.16. The van der Waals surface area contributed by atoms with Crippen molar-refractivity contribution in [3.05, 3.63) is 59.9 Å². The molecule has 2 N–H and O–H groups in total. The Hall–Kier alpha value is -1.87. The Morgan fingerprint density at radius 2 is 1.89 bits per heavy atom. The highest BCUT2D eigenvalue weighted by Gasteiger charge is 2.01. The van der Waals surface area contributed by atoms with Crippen LogP contribution in [0.2, 0.25) is 0 Å². The van der Waals surface area contributed by atoms with Crippen molar-refractivity contribution in [2.45, 2.75) is 19.4 Å². The van der Waals surface area contributed by atoms with Crippen LogP contribution in [0.3, 0.4) is 0 Å². The molecule has 3 nitrogen and oxygen atoms in total. The number of hydrogen-bond donors (Lipinski definition) is 1. The molecule has 0 spiro atoms. The van der Waals surface area contributed by atoms with E-state index in [1.165, 1.54) is 11.1 Å². The Morgan fingerprint density at radius 3 is 2.63 bits per heavy atom. The number of pyridine rings is 1. The van der Waals surface area contributed by atoms with Crippen LogP contribution in [0.1, 0.15) is 17.5 Å². The van der Waals surface area contributed by atoms with Gasteiger partial charge in [-0.2, -0.15) is 0 Å². The lowest BCUT2D eigenvalue weighted by molar-refractivity contribution is 0.322. The number of nitrogens with zero attached hydrogens (tertiary/aromatic N) is 2. The average Bonchev–Trinajstić information content (AvgIpc) is 2.40. The molecule has 0 aliphatic rings. The fraction of sp³-hybridized carbons (Fsp3) is 0.312. The summed E-state index contributed by atoms with van der Waals surface area (Å²) in [4.78, 5) is 6.37. The van der Waals surface area contributed by atoms with Crippen molar-refractivity contribution in [1.82, 2.24) is 9.88 Å². The van der Waals surface area contributed by atoms with Crippen molar-refractivity contribution >= 4 is 5.69 Å². The van der Waals surface area contributed by atoms with Crippen molar-refractivity contribution in [3.8, 4) is 0 Å². The van der Waals surface area contributed by atoms with Gasteiger partial charge in [0.05, 0.1) is 0 Å². The van der Waals surface area contributed by atoms with E-state index in [1.54, 1.807) is 0 Å². The quantitative estimate of drug-likeness (QED) is 0.807. The van der Waals surface area contributed by atoms with Crippen LogP contribution in [-0.4, -0.2) is 23.5 Å². The van der Waals surface area contributed by atoms with Gasteiger partial charge in [0, 0.05) is 24.6 Å². The molecule has 3 heteroatoms. The van der Waals surface area contributed by atoms with Crippen LogP contribution in [0.5, 0.6) is 0 Å². The summed E-state index contributed by atoms with van der Waals surface area (Å²) in [7, 11) is 2.15. The van der Waals surface area contributed by atoms with Crippen molar-refractivity contribution in [2.24, 2.45) is 0 Å². The topological polar surface area (TPSA) is 42.1 Å². The van der Waals surface area contributed by atoms with E-state index in [1.807, 2.05) is 24.5 Å². The van der Waals surface area contributed by atoms with Crippen LogP contribution < -0.4 is 5.73 Å². The molecule has 0 saturated heterocycles. The zero-order valence-corrected chi connectivity index (χ0v) is 11.4. The number of hydrogen-bond acceptors (Lipinski definition) is 3. The Balaban J connectivity index is 1.73. The van der Waals surface area contributed by atoms with Crippen LogP contribution in [-0.2, 0) is 13.0 Å². The van der Waals surface area contributed by atoms with Gasteiger partial charge in [-0.05, 0) is 61.8 Å². The SMILES string of the molecule is CN(CCCc1cccc(N)c1)Cc1ccncc1. The Labute approximate surface area is 115 Å². The lowest BCUT2D eigenvalue weighted by Crippen LogP contribution is -2.19. The van der Waals surface area contributed by atoms with Gasteiger partial charge in [-0.25, -0.2) is 0 Å². The first-order valence-corrected chi connectivity index (χ1v) is 6.66. The number of benzene rings is 1. The van der Waals surface area contributed by atoms with E-state index < -0.39 is 0 Å². The first kappa shape index (κ1) is 13.6. The molecule has 0 aliphatic carbocycles. The molecule has 1 heterocycles. The first-order chi connectivity index (χ1) is 9.24. The molecule has 0 unspecified atom stereocenters. The number of aromatic nitrogens is 1. The second kappa shape index (κ2) is 6.90. The van der Waals surface area contributed by atoms with E-state index in [4.69, 9.17) is 5.73 Å². The fourth-order valence-corrected chi connectivity index (χ4v) is 2.18. The first-order valence-electron chi connectivity index (χ1n) is 6.66. The number of nitrogens with two attached hydrogens (primary N) is 1. The van der Waals surface area contributed by atoms with Gasteiger partial charge in [0.15, 0.2) is 0 Å². The summed E-state index contributed by atoms with van der Waals surface area (Å²) in [6, 6.07) is 12.3. The highest BCUT2D eigenvalue weighted by molar-refractivity contribution is 5.40. The normalized spacial score (nSPS) is 10.8. The molecule has 100 valence electrons. The minimum Gasteiger partial charge on any atom is -0.399 e. The van der Waals surface area contributed by atoms with E-state index in [0.717, 1.165) is 31.6 Å². The van der Waals surface area contributed by atoms with E-state index in [0.29, 0.717) is 0 Å². The second-order valence-corrected chi connectivity index (χ2v) is 4.94. The largest absolute Gasteiger partial charge is 0.399 e. The molecule has 0 aliphatic heterocycles. The van der Waals surface area contributed by atoms with E-state index in [-0.39, 0.29) is 0 Å². The molecule has 2 aromatic rings. The minimum absolute atomic E-state index is 0.850. The molecule has 0 fully saturated rings. The molecule has 0 saturated carbocycles. The molecule has 1 aromatic carbocycles. The number of aryl methyl sites for hydroxylation is 1. The Kier molecular flexibility index (Phi) is 4.93. The molecule has 0 bridgehead atoms. The maximum Gasteiger partial charge on any atom is 0.0316 e. The van der Waals surface area contributed by atoms with Crippen LogP contribution in [0.4, 0.5) is 5.69 Å². The smallest absolute Gasteiger partial charge is 0.0316 e. The van der Waals surface area contributed by atoms with Gasteiger partial charge in [-0.3, -0.25) is 4.98 Å². The van der Waals surface area contributed by atoms with E-state index >= 15 is 0 Å². The Morgan fingerprint density at radius 1 is 1.11 bits per heavy atom. The van der Waals surface area contributed by atoms with Crippen LogP contribution in [0.25, 0.3) is 0 Å². The van der Waals surface area contributed by atoms with E-state index in [2.05, 4.69) is 41.2 Å². The molecule has 19 heavy (non-hydrogen) atoms. The van der Waals surface area contributed by atoms with Crippen molar-refractivity contribution < 1.29 is 0 Å². The third-order valence-corrected chi connectivity index (χ3v) is 3.16. The van der Waals surface area contributed by atoms with Crippen molar-refractivity contribution in [3.63, 3.8) is 0 Å². The van der Waals surface area contributed by atoms with Crippen molar-refractivity contribution in [2.75, 3.05) is 19.3 Å². The summed E-state index contributed by atoms with van der Waals surface area (Å²) < 4.78 is 0. The van der Waals surface area contributed by atoms with Gasteiger partial charge in [-0.15, -0.1) is 0 Å². The highest BCUT2D eigenvalue weighted by atomic mass is 15.1. The summed E-state index contributed by atoms with van der Waals surface area (Å²) >= 11 is 0. The molecular weight excluding hydrogens is 234 g/mol. The van der Waals surface area contributed by atoms with Crippen LogP contribution in [0.15, 0.2) is 48.8 Å². The van der Waals surface area contributed by atoms with Gasteiger partial charge in [0.25, 0.3) is 0 Å². The zero-order chi connectivity index (χ0) is 13.5.